The van der Waals surface area contributed by atoms with Crippen molar-refractivity contribution >= 4 is 0 Å². The number of aromatic nitrogens is 3. The van der Waals surface area contributed by atoms with Gasteiger partial charge in [0.1, 0.15) is 6.61 Å². The molecular formula is C12H20N4O. The maximum Gasteiger partial charge on any atom is 0.159 e. The van der Waals surface area contributed by atoms with Gasteiger partial charge in [-0.1, -0.05) is 6.92 Å². The van der Waals surface area contributed by atoms with Crippen molar-refractivity contribution in [1.29, 1.82) is 0 Å². The molecule has 0 amide bonds. The Kier molecular flexibility index (Phi) is 3.11. The molecule has 1 fully saturated rings. The van der Waals surface area contributed by atoms with Crippen molar-refractivity contribution in [1.82, 2.24) is 20.1 Å². The fourth-order valence-electron chi connectivity index (χ4n) is 2.47. The summed E-state index contributed by atoms with van der Waals surface area (Å²) >= 11 is 0. The minimum absolute atomic E-state index is 0.427. The van der Waals surface area contributed by atoms with Crippen LogP contribution in [0.1, 0.15) is 43.9 Å². The Morgan fingerprint density at radius 3 is 3.06 bits per heavy atom. The highest BCUT2D eigenvalue weighted by atomic mass is 16.5. The lowest BCUT2D eigenvalue weighted by Crippen LogP contribution is -2.35. The summed E-state index contributed by atoms with van der Waals surface area (Å²) in [4.78, 5) is 0. The van der Waals surface area contributed by atoms with E-state index in [4.69, 9.17) is 4.74 Å². The van der Waals surface area contributed by atoms with E-state index < -0.39 is 0 Å². The lowest BCUT2D eigenvalue weighted by atomic mass is 10.1. The average Bonchev–Trinajstić information content (AvgIpc) is 3.11. The Labute approximate surface area is 102 Å². The van der Waals surface area contributed by atoms with Gasteiger partial charge in [-0.3, -0.25) is 0 Å². The molecule has 1 atom stereocenters. The third-order valence-electron chi connectivity index (χ3n) is 3.51. The summed E-state index contributed by atoms with van der Waals surface area (Å²) in [5.41, 5.74) is 0. The Balaban J connectivity index is 1.74. The first kappa shape index (κ1) is 11.2. The summed E-state index contributed by atoms with van der Waals surface area (Å²) in [6.07, 6.45) is 3.70. The van der Waals surface area contributed by atoms with Crippen molar-refractivity contribution in [2.24, 2.45) is 5.92 Å². The third kappa shape index (κ3) is 2.21. The molecule has 2 aliphatic rings. The molecule has 94 valence electrons. The molecule has 17 heavy (non-hydrogen) atoms. The molecule has 1 aromatic rings. The molecule has 1 unspecified atom stereocenters. The van der Waals surface area contributed by atoms with E-state index in [1.54, 1.807) is 0 Å². The predicted octanol–water partition coefficient (Wildman–Crippen LogP) is 1.26. The molecule has 0 radical (unpaired) electrons. The largest absolute Gasteiger partial charge is 0.373 e. The lowest BCUT2D eigenvalue weighted by Gasteiger charge is -2.24. The summed E-state index contributed by atoms with van der Waals surface area (Å²) in [6, 6.07) is 0.427. The number of rotatable bonds is 5. The van der Waals surface area contributed by atoms with E-state index in [1.807, 2.05) is 0 Å². The lowest BCUT2D eigenvalue weighted by molar-refractivity contribution is 0.112. The normalized spacial score (nSPS) is 23.7. The standard InChI is InChI=1S/C12H20N4O/c1-2-7-17-8-10-14-15-12-11(9-3-4-9)13-5-6-16(10)12/h9,11,13H,2-8H2,1H3. The van der Waals surface area contributed by atoms with Crippen LogP contribution >= 0.6 is 0 Å². The Morgan fingerprint density at radius 2 is 2.29 bits per heavy atom. The fraction of sp³-hybridized carbons (Fsp3) is 0.833. The molecule has 1 aliphatic carbocycles. The van der Waals surface area contributed by atoms with Crippen molar-refractivity contribution in [3.05, 3.63) is 11.6 Å². The van der Waals surface area contributed by atoms with Crippen LogP contribution in [0.2, 0.25) is 0 Å². The van der Waals surface area contributed by atoms with Crippen LogP contribution in [0, 0.1) is 5.92 Å². The highest BCUT2D eigenvalue weighted by Crippen LogP contribution is 2.41. The number of nitrogens with zero attached hydrogens (tertiary/aromatic N) is 3. The van der Waals surface area contributed by atoms with Crippen molar-refractivity contribution in [2.45, 2.75) is 45.4 Å². The van der Waals surface area contributed by atoms with E-state index in [0.29, 0.717) is 12.6 Å². The number of ether oxygens (including phenoxy) is 1. The molecule has 1 N–H and O–H groups in total. The summed E-state index contributed by atoms with van der Waals surface area (Å²) in [5, 5.41) is 12.2. The van der Waals surface area contributed by atoms with Crippen LogP contribution < -0.4 is 5.32 Å². The average molecular weight is 236 g/mol. The van der Waals surface area contributed by atoms with E-state index in [0.717, 1.165) is 43.7 Å². The van der Waals surface area contributed by atoms with Gasteiger partial charge < -0.3 is 14.6 Å². The smallest absolute Gasteiger partial charge is 0.159 e. The first-order chi connectivity index (χ1) is 8.40. The van der Waals surface area contributed by atoms with Crippen LogP contribution in [0.15, 0.2) is 0 Å². The van der Waals surface area contributed by atoms with Crippen molar-refractivity contribution in [3.8, 4) is 0 Å². The van der Waals surface area contributed by atoms with Crippen LogP contribution in [-0.2, 0) is 17.9 Å². The van der Waals surface area contributed by atoms with Crippen LogP contribution in [-0.4, -0.2) is 27.9 Å². The zero-order chi connectivity index (χ0) is 11.7. The van der Waals surface area contributed by atoms with Gasteiger partial charge in [-0.2, -0.15) is 0 Å². The van der Waals surface area contributed by atoms with Gasteiger partial charge in [-0.15, -0.1) is 10.2 Å². The number of nitrogens with one attached hydrogen (secondary N) is 1. The zero-order valence-corrected chi connectivity index (χ0v) is 10.4. The molecule has 2 heterocycles. The number of fused-ring (bicyclic) bond motifs is 1. The predicted molar refractivity (Wildman–Crippen MR) is 63.4 cm³/mol. The van der Waals surface area contributed by atoms with Gasteiger partial charge in [0.05, 0.1) is 6.04 Å². The molecule has 0 saturated heterocycles. The zero-order valence-electron chi connectivity index (χ0n) is 10.4. The molecule has 1 saturated carbocycles. The van der Waals surface area contributed by atoms with Crippen LogP contribution in [0.4, 0.5) is 0 Å². The molecular weight excluding hydrogens is 216 g/mol. The second-order valence-corrected chi connectivity index (χ2v) is 4.95. The van der Waals surface area contributed by atoms with Crippen LogP contribution in [0.5, 0.6) is 0 Å². The van der Waals surface area contributed by atoms with E-state index in [1.165, 1.54) is 12.8 Å². The topological polar surface area (TPSA) is 52.0 Å². The van der Waals surface area contributed by atoms with Gasteiger partial charge in [-0.25, -0.2) is 0 Å². The highest BCUT2D eigenvalue weighted by Gasteiger charge is 2.37. The van der Waals surface area contributed by atoms with Crippen molar-refractivity contribution in [2.75, 3.05) is 13.2 Å². The maximum atomic E-state index is 5.56. The molecule has 0 spiro atoms. The molecule has 3 rings (SSSR count). The Hall–Kier alpha value is -0.940. The minimum atomic E-state index is 0.427. The van der Waals surface area contributed by atoms with Crippen molar-refractivity contribution < 1.29 is 4.74 Å². The SMILES string of the molecule is CCCOCc1nnc2n1CCNC2C1CC1. The van der Waals surface area contributed by atoms with Crippen LogP contribution in [0.3, 0.4) is 0 Å². The van der Waals surface area contributed by atoms with E-state index in [9.17, 15) is 0 Å². The molecule has 1 aromatic heterocycles. The summed E-state index contributed by atoms with van der Waals surface area (Å²) in [7, 11) is 0. The quantitative estimate of drug-likeness (QED) is 0.782. The van der Waals surface area contributed by atoms with Gasteiger partial charge in [0, 0.05) is 19.7 Å². The van der Waals surface area contributed by atoms with E-state index >= 15 is 0 Å². The van der Waals surface area contributed by atoms with Gasteiger partial charge in [0.2, 0.25) is 0 Å². The fourth-order valence-corrected chi connectivity index (χ4v) is 2.47. The molecule has 5 heteroatoms. The highest BCUT2D eigenvalue weighted by molar-refractivity contribution is 5.08. The monoisotopic (exact) mass is 236 g/mol. The van der Waals surface area contributed by atoms with Crippen molar-refractivity contribution in [3.63, 3.8) is 0 Å². The molecule has 1 aliphatic heterocycles. The summed E-state index contributed by atoms with van der Waals surface area (Å²) in [5.74, 6) is 2.89. The molecule has 5 nitrogen and oxygen atoms in total. The van der Waals surface area contributed by atoms with Gasteiger partial charge in [0.25, 0.3) is 0 Å². The summed E-state index contributed by atoms with van der Waals surface area (Å²) in [6.45, 7) is 5.50. The minimum Gasteiger partial charge on any atom is -0.373 e. The Morgan fingerprint density at radius 1 is 1.41 bits per heavy atom. The summed E-state index contributed by atoms with van der Waals surface area (Å²) < 4.78 is 7.81. The Bertz CT molecular complexity index is 386. The maximum absolute atomic E-state index is 5.56. The molecule has 0 aromatic carbocycles. The number of hydrogen-bond acceptors (Lipinski definition) is 4. The second-order valence-electron chi connectivity index (χ2n) is 4.95. The van der Waals surface area contributed by atoms with E-state index in [-0.39, 0.29) is 0 Å². The molecule has 0 bridgehead atoms. The van der Waals surface area contributed by atoms with Gasteiger partial charge >= 0.3 is 0 Å². The van der Waals surface area contributed by atoms with Gasteiger partial charge in [-0.05, 0) is 25.2 Å². The van der Waals surface area contributed by atoms with Gasteiger partial charge in [0.15, 0.2) is 11.6 Å². The third-order valence-corrected chi connectivity index (χ3v) is 3.51. The first-order valence-corrected chi connectivity index (χ1v) is 6.63. The van der Waals surface area contributed by atoms with Crippen LogP contribution in [0.25, 0.3) is 0 Å². The second kappa shape index (κ2) is 4.74. The number of hydrogen-bond donors (Lipinski definition) is 1. The first-order valence-electron chi connectivity index (χ1n) is 6.63. The van der Waals surface area contributed by atoms with E-state index in [2.05, 4.69) is 27.0 Å².